The Balaban J connectivity index is 0.000000337. The van der Waals surface area contributed by atoms with Crippen LogP contribution in [0.1, 0.15) is 11.1 Å². The number of benzene rings is 2. The van der Waals surface area contributed by atoms with Crippen molar-refractivity contribution >= 4 is 20.0 Å². The van der Waals surface area contributed by atoms with E-state index in [-0.39, 0.29) is 36.2 Å². The molecular weight excluding hydrogens is 584 g/mol. The molecule has 42 heavy (non-hydrogen) atoms. The Labute approximate surface area is 243 Å². The summed E-state index contributed by atoms with van der Waals surface area (Å²) < 4.78 is 62.2. The van der Waals surface area contributed by atoms with E-state index < -0.39 is 20.0 Å². The van der Waals surface area contributed by atoms with Crippen molar-refractivity contribution in [3.8, 4) is 23.6 Å². The molecule has 2 aromatic heterocycles. The smallest absolute Gasteiger partial charge is 0.262 e. The molecule has 2 aromatic carbocycles. The van der Waals surface area contributed by atoms with Crippen molar-refractivity contribution in [1.29, 1.82) is 10.5 Å². The van der Waals surface area contributed by atoms with Gasteiger partial charge in [-0.05, 0) is 47.5 Å². The number of nitrogens with two attached hydrogens (primary N) is 1. The molecule has 0 unspecified atom stereocenters. The second kappa shape index (κ2) is 14.2. The van der Waals surface area contributed by atoms with Crippen molar-refractivity contribution in [2.75, 3.05) is 14.2 Å². The molecule has 4 aromatic rings. The first kappa shape index (κ1) is 31.8. The number of primary sulfonamides is 1. The first-order chi connectivity index (χ1) is 20.0. The van der Waals surface area contributed by atoms with Gasteiger partial charge in [0.2, 0.25) is 0 Å². The summed E-state index contributed by atoms with van der Waals surface area (Å²) in [5, 5.41) is 29.1. The predicted octanol–water partition coefficient (Wildman–Crippen LogP) is 1.87. The summed E-state index contributed by atoms with van der Waals surface area (Å²) in [5.74, 6) is 1.39. The molecule has 0 spiro atoms. The van der Waals surface area contributed by atoms with E-state index in [2.05, 4.69) is 10.2 Å². The summed E-state index contributed by atoms with van der Waals surface area (Å²) in [4.78, 5) is 0. The maximum atomic E-state index is 13.3. The quantitative estimate of drug-likeness (QED) is 0.261. The molecule has 2 N–H and O–H groups in total. The third kappa shape index (κ3) is 8.63. The van der Waals surface area contributed by atoms with Gasteiger partial charge in [-0.25, -0.2) is 22.0 Å². The van der Waals surface area contributed by atoms with Gasteiger partial charge in [0.25, 0.3) is 20.0 Å². The van der Waals surface area contributed by atoms with E-state index in [0.717, 1.165) is 11.1 Å². The summed E-state index contributed by atoms with van der Waals surface area (Å²) in [5.41, 5.74) is 1.62. The van der Waals surface area contributed by atoms with Crippen LogP contribution in [-0.4, -0.2) is 54.9 Å². The summed E-state index contributed by atoms with van der Waals surface area (Å²) in [6.45, 7) is 0.301. The van der Waals surface area contributed by atoms with Crippen LogP contribution in [0.15, 0.2) is 83.1 Å². The van der Waals surface area contributed by atoms with Gasteiger partial charge in [0.1, 0.15) is 24.6 Å². The van der Waals surface area contributed by atoms with Gasteiger partial charge in [0.15, 0.2) is 10.1 Å². The Kier molecular flexibility index (Phi) is 10.8. The molecule has 2 heterocycles. The maximum absolute atomic E-state index is 13.3. The van der Waals surface area contributed by atoms with Crippen LogP contribution in [0.2, 0.25) is 0 Å². The zero-order chi connectivity index (χ0) is 30.8. The van der Waals surface area contributed by atoms with Gasteiger partial charge in [-0.2, -0.15) is 25.0 Å². The topological polar surface area (TPSA) is 199 Å². The molecule has 14 nitrogen and oxygen atoms in total. The molecule has 220 valence electrons. The van der Waals surface area contributed by atoms with E-state index in [9.17, 15) is 16.8 Å². The molecule has 0 radical (unpaired) electrons. The third-order valence-electron chi connectivity index (χ3n) is 5.63. The number of sulfonamides is 2. The van der Waals surface area contributed by atoms with E-state index in [0.29, 0.717) is 11.5 Å². The molecule has 4 rings (SSSR count). The monoisotopic (exact) mass is 612 g/mol. The lowest BCUT2D eigenvalue weighted by Gasteiger charge is -2.21. The zero-order valence-corrected chi connectivity index (χ0v) is 24.4. The van der Waals surface area contributed by atoms with E-state index in [4.69, 9.17) is 25.1 Å². The molecular formula is C26H28N8O6S2. The predicted molar refractivity (Wildman–Crippen MR) is 149 cm³/mol. The minimum absolute atomic E-state index is 0.00944. The summed E-state index contributed by atoms with van der Waals surface area (Å²) in [6.07, 6.45) is 2.86. The first-order valence-corrected chi connectivity index (χ1v) is 15.1. The van der Waals surface area contributed by atoms with Crippen molar-refractivity contribution in [2.24, 2.45) is 5.14 Å². The fourth-order valence-electron chi connectivity index (χ4n) is 3.52. The highest BCUT2D eigenvalue weighted by Crippen LogP contribution is 2.22. The molecule has 0 atom stereocenters. The first-order valence-electron chi connectivity index (χ1n) is 12.1. The molecule has 16 heteroatoms. The summed E-state index contributed by atoms with van der Waals surface area (Å²) in [7, 11) is -4.49. The zero-order valence-electron chi connectivity index (χ0n) is 22.7. The minimum atomic E-state index is -3.90. The lowest BCUT2D eigenvalue weighted by atomic mass is 10.2. The summed E-state index contributed by atoms with van der Waals surface area (Å²) in [6, 6.07) is 20.8. The van der Waals surface area contributed by atoms with Gasteiger partial charge >= 0.3 is 0 Å². The van der Waals surface area contributed by atoms with Crippen molar-refractivity contribution in [3.63, 3.8) is 0 Å². The largest absolute Gasteiger partial charge is 0.497 e. The Hall–Kier alpha value is -4.74. The van der Waals surface area contributed by atoms with Gasteiger partial charge < -0.3 is 9.47 Å². The van der Waals surface area contributed by atoms with E-state index >= 15 is 0 Å². The fraction of sp³-hybridized carbons (Fsp3) is 0.231. The van der Waals surface area contributed by atoms with Crippen LogP contribution < -0.4 is 14.6 Å². The standard InChI is InChI=1S/C21H22N4O4S.C5H6N4O2S/c1-28-19-7-3-17(4-8-19)15-25(16-18-5-9-20(29-2)10-6-18)30(26,27)21-11-13-24(23-21)14-12-22;6-2-4-9-3-1-5(8-9)12(7,10)11/h3-11,13H,14-16H2,1-2H3;1,3H,4H2,(H2,7,10,11). The number of rotatable bonds is 11. The van der Waals surface area contributed by atoms with Crippen LogP contribution in [0, 0.1) is 22.7 Å². The van der Waals surface area contributed by atoms with Gasteiger partial charge in [-0.1, -0.05) is 24.3 Å². The summed E-state index contributed by atoms with van der Waals surface area (Å²) >= 11 is 0. The van der Waals surface area contributed by atoms with Crippen molar-refractivity contribution in [3.05, 3.63) is 84.2 Å². The molecule has 0 aliphatic heterocycles. The number of nitriles is 2. The normalized spacial score (nSPS) is 11.2. The van der Waals surface area contributed by atoms with Gasteiger partial charge in [0.05, 0.1) is 26.4 Å². The van der Waals surface area contributed by atoms with Crippen LogP contribution in [-0.2, 0) is 46.2 Å². The van der Waals surface area contributed by atoms with Gasteiger partial charge in [-0.15, -0.1) is 0 Å². The number of methoxy groups -OCH3 is 2. The number of nitrogens with zero attached hydrogens (tertiary/aromatic N) is 7. The Morgan fingerprint density at radius 1 is 0.738 bits per heavy atom. The fourth-order valence-corrected chi connectivity index (χ4v) is 5.34. The second-order valence-electron chi connectivity index (χ2n) is 8.53. The van der Waals surface area contributed by atoms with E-state index in [1.807, 2.05) is 36.4 Å². The highest BCUT2D eigenvalue weighted by atomic mass is 32.2. The molecule has 0 aliphatic carbocycles. The van der Waals surface area contributed by atoms with Gasteiger partial charge in [-0.3, -0.25) is 9.36 Å². The molecule has 0 aliphatic rings. The minimum Gasteiger partial charge on any atom is -0.497 e. The molecule has 0 saturated heterocycles. The van der Waals surface area contributed by atoms with Crippen LogP contribution in [0.5, 0.6) is 11.5 Å². The SMILES string of the molecule is COc1ccc(CN(Cc2ccc(OC)cc2)S(=O)(=O)c2ccn(CC#N)n2)cc1.N#CCn1ccc(S(N)(=O)=O)n1. The van der Waals surface area contributed by atoms with Crippen LogP contribution in [0.3, 0.4) is 0 Å². The average molecular weight is 613 g/mol. The number of ether oxygens (including phenoxy) is 2. The second-order valence-corrected chi connectivity index (χ2v) is 11.9. The molecule has 0 bridgehead atoms. The van der Waals surface area contributed by atoms with Crippen LogP contribution in [0.25, 0.3) is 0 Å². The number of hydrogen-bond acceptors (Lipinski definition) is 10. The Morgan fingerprint density at radius 3 is 1.50 bits per heavy atom. The van der Waals surface area contributed by atoms with Crippen molar-refractivity contribution in [2.45, 2.75) is 36.2 Å². The number of aromatic nitrogens is 4. The lowest BCUT2D eigenvalue weighted by molar-refractivity contribution is 0.395. The number of hydrogen-bond donors (Lipinski definition) is 1. The van der Waals surface area contributed by atoms with E-state index in [1.54, 1.807) is 38.5 Å². The van der Waals surface area contributed by atoms with Crippen LogP contribution >= 0.6 is 0 Å². The molecule has 0 saturated carbocycles. The van der Waals surface area contributed by atoms with Crippen molar-refractivity contribution < 1.29 is 26.3 Å². The molecule has 0 amide bonds. The van der Waals surface area contributed by atoms with E-state index in [1.165, 1.54) is 38.2 Å². The average Bonchev–Trinajstić information content (AvgIpc) is 3.65. The highest BCUT2D eigenvalue weighted by molar-refractivity contribution is 7.89. The highest BCUT2D eigenvalue weighted by Gasteiger charge is 2.27. The Morgan fingerprint density at radius 2 is 1.14 bits per heavy atom. The van der Waals surface area contributed by atoms with Crippen LogP contribution in [0.4, 0.5) is 0 Å². The van der Waals surface area contributed by atoms with Crippen molar-refractivity contribution in [1.82, 2.24) is 23.9 Å². The lowest BCUT2D eigenvalue weighted by Crippen LogP contribution is -2.30. The maximum Gasteiger partial charge on any atom is 0.262 e. The Bertz CT molecular complexity index is 1720. The third-order valence-corrected chi connectivity index (χ3v) is 8.11. The molecule has 0 fully saturated rings. The van der Waals surface area contributed by atoms with Gasteiger partial charge in [0, 0.05) is 25.5 Å².